The van der Waals surface area contributed by atoms with Crippen LogP contribution < -0.4 is 4.90 Å². The Morgan fingerprint density at radius 1 is 1.38 bits per heavy atom. The van der Waals surface area contributed by atoms with Crippen LogP contribution in [0, 0.1) is 0 Å². The molecule has 2 aromatic rings. The van der Waals surface area contributed by atoms with Crippen LogP contribution in [-0.2, 0) is 0 Å². The fraction of sp³-hybridized carbons (Fsp3) is 0.500. The van der Waals surface area contributed by atoms with Gasteiger partial charge < -0.3 is 15.0 Å². The molecule has 0 aromatic carbocycles. The van der Waals surface area contributed by atoms with Gasteiger partial charge in [-0.3, -0.25) is 0 Å². The molecule has 1 fully saturated rings. The quantitative estimate of drug-likeness (QED) is 0.722. The number of piperidine rings is 1. The number of rotatable bonds is 1. The van der Waals surface area contributed by atoms with E-state index in [-0.39, 0.29) is 6.10 Å². The highest BCUT2D eigenvalue weighted by Gasteiger charge is 2.21. The van der Waals surface area contributed by atoms with Crippen molar-refractivity contribution in [2.45, 2.75) is 18.9 Å². The topological polar surface area (TPSA) is 77.9 Å². The highest BCUT2D eigenvalue weighted by atomic mass is 16.3. The van der Waals surface area contributed by atoms with E-state index in [1.54, 1.807) is 6.33 Å². The third-order valence-electron chi connectivity index (χ3n) is 2.90. The Labute approximate surface area is 92.4 Å². The number of hydrogen-bond acceptors (Lipinski definition) is 5. The number of nitrogens with one attached hydrogen (secondary N) is 1. The van der Waals surface area contributed by atoms with Gasteiger partial charge in [0.1, 0.15) is 11.8 Å². The summed E-state index contributed by atoms with van der Waals surface area (Å²) in [7, 11) is 0. The van der Waals surface area contributed by atoms with Crippen molar-refractivity contribution in [3.8, 4) is 0 Å². The number of fused-ring (bicyclic) bond motifs is 1. The van der Waals surface area contributed by atoms with Gasteiger partial charge in [-0.05, 0) is 12.8 Å². The zero-order valence-corrected chi connectivity index (χ0v) is 8.80. The molecule has 3 heterocycles. The molecule has 0 aliphatic carbocycles. The van der Waals surface area contributed by atoms with Crippen LogP contribution in [0.1, 0.15) is 12.8 Å². The summed E-state index contributed by atoms with van der Waals surface area (Å²) < 4.78 is 0. The molecule has 0 spiro atoms. The van der Waals surface area contributed by atoms with Crippen LogP contribution in [0.15, 0.2) is 12.7 Å². The molecule has 1 unspecified atom stereocenters. The third-order valence-corrected chi connectivity index (χ3v) is 2.90. The first-order valence-electron chi connectivity index (χ1n) is 5.41. The van der Waals surface area contributed by atoms with Crippen molar-refractivity contribution in [2.75, 3.05) is 18.0 Å². The van der Waals surface area contributed by atoms with Crippen molar-refractivity contribution in [3.05, 3.63) is 12.7 Å². The number of nitrogens with zero attached hydrogens (tertiary/aromatic N) is 4. The average Bonchev–Trinajstić information content (AvgIpc) is 2.76. The Bertz CT molecular complexity index is 497. The number of imidazole rings is 1. The lowest BCUT2D eigenvalue weighted by Gasteiger charge is -2.30. The van der Waals surface area contributed by atoms with E-state index < -0.39 is 0 Å². The van der Waals surface area contributed by atoms with Crippen LogP contribution in [0.5, 0.6) is 0 Å². The molecular formula is C10H13N5O. The minimum Gasteiger partial charge on any atom is -0.391 e. The van der Waals surface area contributed by atoms with E-state index in [1.165, 1.54) is 6.33 Å². The van der Waals surface area contributed by atoms with E-state index in [0.717, 1.165) is 30.7 Å². The lowest BCUT2D eigenvalue weighted by Crippen LogP contribution is -2.38. The molecule has 2 aromatic heterocycles. The molecule has 3 rings (SSSR count). The molecular weight excluding hydrogens is 206 g/mol. The van der Waals surface area contributed by atoms with E-state index in [0.29, 0.717) is 12.2 Å². The summed E-state index contributed by atoms with van der Waals surface area (Å²) in [5, 5.41) is 9.65. The molecule has 1 atom stereocenters. The predicted molar refractivity (Wildman–Crippen MR) is 59.1 cm³/mol. The molecule has 84 valence electrons. The van der Waals surface area contributed by atoms with Crippen LogP contribution >= 0.6 is 0 Å². The van der Waals surface area contributed by atoms with E-state index in [2.05, 4.69) is 24.8 Å². The summed E-state index contributed by atoms with van der Waals surface area (Å²) in [5.74, 6) is 0.834. The molecule has 0 saturated carbocycles. The lowest BCUT2D eigenvalue weighted by molar-refractivity contribution is 0.154. The molecule has 1 aliphatic heterocycles. The number of hydrogen-bond donors (Lipinski definition) is 2. The fourth-order valence-electron chi connectivity index (χ4n) is 2.14. The van der Waals surface area contributed by atoms with Crippen molar-refractivity contribution < 1.29 is 5.11 Å². The first kappa shape index (κ1) is 9.53. The maximum absolute atomic E-state index is 9.65. The Morgan fingerprint density at radius 3 is 3.19 bits per heavy atom. The standard InChI is InChI=1S/C10H13N5O/c16-7-2-1-3-15(4-7)10-8-9(12-5-11-8)13-6-14-10/h5-7,16H,1-4H2,(H,11,12,13,14). The highest BCUT2D eigenvalue weighted by molar-refractivity contribution is 5.82. The molecule has 0 radical (unpaired) electrons. The maximum Gasteiger partial charge on any atom is 0.182 e. The van der Waals surface area contributed by atoms with E-state index in [9.17, 15) is 5.11 Å². The monoisotopic (exact) mass is 219 g/mol. The normalized spacial score (nSPS) is 21.6. The largest absolute Gasteiger partial charge is 0.391 e. The molecule has 0 bridgehead atoms. The van der Waals surface area contributed by atoms with Gasteiger partial charge in [0.25, 0.3) is 0 Å². The second-order valence-electron chi connectivity index (χ2n) is 4.04. The summed E-state index contributed by atoms with van der Waals surface area (Å²) in [6.45, 7) is 1.55. The number of H-pyrrole nitrogens is 1. The summed E-state index contributed by atoms with van der Waals surface area (Å²) >= 11 is 0. The molecule has 16 heavy (non-hydrogen) atoms. The molecule has 1 saturated heterocycles. The first-order valence-corrected chi connectivity index (χ1v) is 5.41. The van der Waals surface area contributed by atoms with Gasteiger partial charge in [0.15, 0.2) is 11.5 Å². The number of aromatic nitrogens is 4. The number of anilines is 1. The molecule has 6 heteroatoms. The summed E-state index contributed by atoms with van der Waals surface area (Å²) in [6.07, 6.45) is 4.72. The summed E-state index contributed by atoms with van der Waals surface area (Å²) in [5.41, 5.74) is 1.52. The third kappa shape index (κ3) is 1.51. The number of aromatic amines is 1. The second kappa shape index (κ2) is 3.71. The van der Waals surface area contributed by atoms with Gasteiger partial charge in [-0.2, -0.15) is 0 Å². The molecule has 6 nitrogen and oxygen atoms in total. The Hall–Kier alpha value is -1.69. The van der Waals surface area contributed by atoms with Gasteiger partial charge in [-0.15, -0.1) is 0 Å². The Balaban J connectivity index is 2.01. The number of β-amino-alcohol motifs (C(OH)–C–C–N with tert-alkyl or cyclic N) is 1. The van der Waals surface area contributed by atoms with Crippen molar-refractivity contribution in [1.29, 1.82) is 0 Å². The van der Waals surface area contributed by atoms with E-state index >= 15 is 0 Å². The number of aliphatic hydroxyl groups excluding tert-OH is 1. The van der Waals surface area contributed by atoms with Crippen LogP contribution in [-0.4, -0.2) is 44.2 Å². The van der Waals surface area contributed by atoms with Crippen molar-refractivity contribution in [1.82, 2.24) is 19.9 Å². The SMILES string of the molecule is OC1CCCN(c2ncnc3nc[nH]c23)C1. The van der Waals surface area contributed by atoms with Crippen LogP contribution in [0.3, 0.4) is 0 Å². The fourth-order valence-corrected chi connectivity index (χ4v) is 2.14. The summed E-state index contributed by atoms with van der Waals surface area (Å²) in [4.78, 5) is 17.6. The summed E-state index contributed by atoms with van der Waals surface area (Å²) in [6, 6.07) is 0. The Morgan fingerprint density at radius 2 is 2.31 bits per heavy atom. The van der Waals surface area contributed by atoms with Crippen LogP contribution in [0.25, 0.3) is 11.2 Å². The predicted octanol–water partition coefficient (Wildman–Crippen LogP) is 0.314. The van der Waals surface area contributed by atoms with Crippen molar-refractivity contribution in [3.63, 3.8) is 0 Å². The first-order chi connectivity index (χ1) is 7.84. The molecule has 2 N–H and O–H groups in total. The zero-order valence-electron chi connectivity index (χ0n) is 8.80. The van der Waals surface area contributed by atoms with E-state index in [1.807, 2.05) is 0 Å². The van der Waals surface area contributed by atoms with Gasteiger partial charge in [-0.1, -0.05) is 0 Å². The van der Waals surface area contributed by atoms with E-state index in [4.69, 9.17) is 0 Å². The van der Waals surface area contributed by atoms with Crippen molar-refractivity contribution in [2.24, 2.45) is 0 Å². The molecule has 1 aliphatic rings. The molecule has 0 amide bonds. The van der Waals surface area contributed by atoms with Crippen molar-refractivity contribution >= 4 is 17.0 Å². The average molecular weight is 219 g/mol. The minimum atomic E-state index is -0.262. The van der Waals surface area contributed by atoms with Crippen LogP contribution in [0.2, 0.25) is 0 Å². The van der Waals surface area contributed by atoms with Gasteiger partial charge in [-0.25, -0.2) is 15.0 Å². The zero-order chi connectivity index (χ0) is 11.0. The Kier molecular flexibility index (Phi) is 2.21. The smallest absolute Gasteiger partial charge is 0.182 e. The minimum absolute atomic E-state index is 0.262. The highest BCUT2D eigenvalue weighted by Crippen LogP contribution is 2.22. The van der Waals surface area contributed by atoms with Gasteiger partial charge in [0.2, 0.25) is 0 Å². The van der Waals surface area contributed by atoms with Gasteiger partial charge >= 0.3 is 0 Å². The van der Waals surface area contributed by atoms with Crippen LogP contribution in [0.4, 0.5) is 5.82 Å². The van der Waals surface area contributed by atoms with Gasteiger partial charge in [0, 0.05) is 13.1 Å². The van der Waals surface area contributed by atoms with Gasteiger partial charge in [0.05, 0.1) is 12.4 Å². The second-order valence-corrected chi connectivity index (χ2v) is 4.04. The number of aliphatic hydroxyl groups is 1. The maximum atomic E-state index is 9.65. The lowest BCUT2D eigenvalue weighted by atomic mass is 10.1.